The standard InChI is InChI=1S/C20H26N2O2S/c1-2-24-18-7-4-3-6-17(18)20(23)21-11-14-22-12-9-16(10-13-22)19-8-5-15-25-19/h3-8,15-16H,2,9-14H2,1H3,(H,21,23). The number of piperidine rings is 1. The molecule has 1 fully saturated rings. The number of hydrogen-bond acceptors (Lipinski definition) is 4. The molecule has 1 amide bonds. The summed E-state index contributed by atoms with van der Waals surface area (Å²) in [5, 5.41) is 5.19. The molecule has 5 heteroatoms. The van der Waals surface area contributed by atoms with Crippen LogP contribution in [0.2, 0.25) is 0 Å². The van der Waals surface area contributed by atoms with Gasteiger partial charge in [-0.3, -0.25) is 4.79 Å². The van der Waals surface area contributed by atoms with Gasteiger partial charge in [0.2, 0.25) is 0 Å². The van der Waals surface area contributed by atoms with Gasteiger partial charge in [-0.2, -0.15) is 0 Å². The van der Waals surface area contributed by atoms with E-state index in [1.807, 2.05) is 42.5 Å². The minimum atomic E-state index is -0.0579. The van der Waals surface area contributed by atoms with Crippen LogP contribution in [0.4, 0.5) is 0 Å². The number of hydrogen-bond donors (Lipinski definition) is 1. The number of para-hydroxylation sites is 1. The predicted octanol–water partition coefficient (Wildman–Crippen LogP) is 3.76. The lowest BCUT2D eigenvalue weighted by molar-refractivity contribution is 0.0942. The van der Waals surface area contributed by atoms with Gasteiger partial charge >= 0.3 is 0 Å². The summed E-state index contributed by atoms with van der Waals surface area (Å²) in [5.74, 6) is 1.31. The number of ether oxygens (including phenoxy) is 1. The van der Waals surface area contributed by atoms with E-state index in [1.165, 1.54) is 17.7 Å². The first-order valence-corrected chi connectivity index (χ1v) is 9.91. The van der Waals surface area contributed by atoms with Crippen molar-refractivity contribution in [3.63, 3.8) is 0 Å². The average molecular weight is 359 g/mol. The van der Waals surface area contributed by atoms with Crippen LogP contribution in [0.3, 0.4) is 0 Å². The Kier molecular flexibility index (Phi) is 6.48. The van der Waals surface area contributed by atoms with Gasteiger partial charge in [0.25, 0.3) is 5.91 Å². The molecule has 0 unspecified atom stereocenters. The molecule has 4 nitrogen and oxygen atoms in total. The van der Waals surface area contributed by atoms with E-state index in [0.717, 1.165) is 19.6 Å². The van der Waals surface area contributed by atoms with E-state index in [-0.39, 0.29) is 5.91 Å². The zero-order valence-corrected chi connectivity index (χ0v) is 15.6. The highest BCUT2D eigenvalue weighted by Crippen LogP contribution is 2.30. The van der Waals surface area contributed by atoms with E-state index in [9.17, 15) is 4.79 Å². The van der Waals surface area contributed by atoms with Crippen LogP contribution >= 0.6 is 11.3 Å². The second kappa shape index (κ2) is 9.02. The normalized spacial score (nSPS) is 15.9. The first-order valence-electron chi connectivity index (χ1n) is 9.03. The van der Waals surface area contributed by atoms with Gasteiger partial charge in [-0.15, -0.1) is 11.3 Å². The van der Waals surface area contributed by atoms with Crippen molar-refractivity contribution in [1.29, 1.82) is 0 Å². The van der Waals surface area contributed by atoms with E-state index >= 15 is 0 Å². The highest BCUT2D eigenvalue weighted by atomic mass is 32.1. The third-order valence-corrected chi connectivity index (χ3v) is 5.71. The molecule has 0 radical (unpaired) electrons. The first-order chi connectivity index (χ1) is 12.3. The number of carbonyl (C=O) groups is 1. The number of carbonyl (C=O) groups excluding carboxylic acids is 1. The van der Waals surface area contributed by atoms with Crippen LogP contribution in [0.1, 0.15) is 40.9 Å². The minimum absolute atomic E-state index is 0.0579. The molecular formula is C20H26N2O2S. The second-order valence-electron chi connectivity index (χ2n) is 6.32. The third-order valence-electron chi connectivity index (χ3n) is 4.68. The highest BCUT2D eigenvalue weighted by molar-refractivity contribution is 7.10. The molecule has 0 bridgehead atoms. The summed E-state index contributed by atoms with van der Waals surface area (Å²) in [5.41, 5.74) is 0.612. The van der Waals surface area contributed by atoms with Gasteiger partial charge in [-0.05, 0) is 62.4 Å². The second-order valence-corrected chi connectivity index (χ2v) is 7.30. The minimum Gasteiger partial charge on any atom is -0.493 e. The number of nitrogens with one attached hydrogen (secondary N) is 1. The van der Waals surface area contributed by atoms with Crippen molar-refractivity contribution in [3.05, 3.63) is 52.2 Å². The van der Waals surface area contributed by atoms with Gasteiger partial charge in [0.1, 0.15) is 5.75 Å². The summed E-state index contributed by atoms with van der Waals surface area (Å²) in [7, 11) is 0. The maximum atomic E-state index is 12.4. The van der Waals surface area contributed by atoms with Crippen molar-refractivity contribution in [3.8, 4) is 5.75 Å². The Balaban J connectivity index is 1.42. The summed E-state index contributed by atoms with van der Waals surface area (Å²) >= 11 is 1.87. The SMILES string of the molecule is CCOc1ccccc1C(=O)NCCN1CCC(c2cccs2)CC1. The Morgan fingerprint density at radius 3 is 2.76 bits per heavy atom. The van der Waals surface area contributed by atoms with Crippen LogP contribution in [0.25, 0.3) is 0 Å². The van der Waals surface area contributed by atoms with Crippen LogP contribution in [-0.2, 0) is 0 Å². The lowest BCUT2D eigenvalue weighted by Gasteiger charge is -2.31. The zero-order chi connectivity index (χ0) is 17.5. The van der Waals surface area contributed by atoms with Crippen LogP contribution in [-0.4, -0.2) is 43.6 Å². The molecule has 25 heavy (non-hydrogen) atoms. The Labute approximate surface area is 153 Å². The molecule has 1 aliphatic heterocycles. The molecule has 1 aliphatic rings. The number of likely N-dealkylation sites (tertiary alicyclic amines) is 1. The van der Waals surface area contributed by atoms with Crippen LogP contribution in [0.5, 0.6) is 5.75 Å². The first kappa shape index (κ1) is 18.0. The fourth-order valence-electron chi connectivity index (χ4n) is 3.32. The largest absolute Gasteiger partial charge is 0.493 e. The van der Waals surface area contributed by atoms with Gasteiger partial charge in [0, 0.05) is 18.0 Å². The van der Waals surface area contributed by atoms with Crippen molar-refractivity contribution in [1.82, 2.24) is 10.2 Å². The van der Waals surface area contributed by atoms with Gasteiger partial charge in [-0.1, -0.05) is 18.2 Å². The number of nitrogens with zero attached hydrogens (tertiary/aromatic N) is 1. The summed E-state index contributed by atoms with van der Waals surface area (Å²) < 4.78 is 5.53. The summed E-state index contributed by atoms with van der Waals surface area (Å²) in [6.07, 6.45) is 2.42. The number of thiophene rings is 1. The quantitative estimate of drug-likeness (QED) is 0.819. The lowest BCUT2D eigenvalue weighted by Crippen LogP contribution is -2.39. The average Bonchev–Trinajstić information content (AvgIpc) is 3.18. The van der Waals surface area contributed by atoms with Crippen molar-refractivity contribution >= 4 is 17.2 Å². The molecule has 134 valence electrons. The number of rotatable bonds is 7. The van der Waals surface area contributed by atoms with Crippen molar-refractivity contribution < 1.29 is 9.53 Å². The van der Waals surface area contributed by atoms with Crippen molar-refractivity contribution in [2.45, 2.75) is 25.7 Å². The van der Waals surface area contributed by atoms with E-state index in [2.05, 4.69) is 27.7 Å². The van der Waals surface area contributed by atoms with Crippen LogP contribution in [0.15, 0.2) is 41.8 Å². The third kappa shape index (κ3) is 4.83. The Morgan fingerprint density at radius 2 is 2.04 bits per heavy atom. The summed E-state index contributed by atoms with van der Waals surface area (Å²) in [4.78, 5) is 16.3. The molecule has 1 saturated heterocycles. The van der Waals surface area contributed by atoms with E-state index in [1.54, 1.807) is 0 Å². The van der Waals surface area contributed by atoms with Gasteiger partial charge in [-0.25, -0.2) is 0 Å². The molecule has 1 N–H and O–H groups in total. The fourth-order valence-corrected chi connectivity index (χ4v) is 4.22. The fraction of sp³-hybridized carbons (Fsp3) is 0.450. The van der Waals surface area contributed by atoms with Crippen molar-refractivity contribution in [2.24, 2.45) is 0 Å². The molecule has 1 aromatic carbocycles. The molecule has 1 aromatic heterocycles. The van der Waals surface area contributed by atoms with Crippen LogP contribution < -0.4 is 10.1 Å². The molecule has 2 aromatic rings. The Hall–Kier alpha value is -1.85. The lowest BCUT2D eigenvalue weighted by atomic mass is 9.95. The summed E-state index contributed by atoms with van der Waals surface area (Å²) in [6.45, 7) is 6.27. The molecule has 0 aliphatic carbocycles. The molecule has 0 saturated carbocycles. The Morgan fingerprint density at radius 1 is 1.24 bits per heavy atom. The van der Waals surface area contributed by atoms with Gasteiger partial charge in [0.05, 0.1) is 12.2 Å². The molecule has 0 atom stereocenters. The molecule has 2 heterocycles. The molecular weight excluding hydrogens is 332 g/mol. The monoisotopic (exact) mass is 358 g/mol. The maximum Gasteiger partial charge on any atom is 0.255 e. The van der Waals surface area contributed by atoms with E-state index < -0.39 is 0 Å². The Bertz CT molecular complexity index is 664. The number of amides is 1. The van der Waals surface area contributed by atoms with Gasteiger partial charge < -0.3 is 15.0 Å². The smallest absolute Gasteiger partial charge is 0.255 e. The zero-order valence-electron chi connectivity index (χ0n) is 14.7. The van der Waals surface area contributed by atoms with Crippen LogP contribution in [0, 0.1) is 0 Å². The van der Waals surface area contributed by atoms with Gasteiger partial charge in [0.15, 0.2) is 0 Å². The molecule has 3 rings (SSSR count). The number of benzene rings is 1. The predicted molar refractivity (Wildman–Crippen MR) is 103 cm³/mol. The van der Waals surface area contributed by atoms with Crippen molar-refractivity contribution in [2.75, 3.05) is 32.8 Å². The van der Waals surface area contributed by atoms with E-state index in [0.29, 0.717) is 30.4 Å². The molecule has 0 spiro atoms. The summed E-state index contributed by atoms with van der Waals surface area (Å²) in [6, 6.07) is 11.8. The maximum absolute atomic E-state index is 12.4. The van der Waals surface area contributed by atoms with E-state index in [4.69, 9.17) is 4.74 Å². The topological polar surface area (TPSA) is 41.6 Å². The highest BCUT2D eigenvalue weighted by Gasteiger charge is 2.21.